The Hall–Kier alpha value is -2.96. The Balaban J connectivity index is 1.77. The second-order valence-electron chi connectivity index (χ2n) is 8.82. The van der Waals surface area contributed by atoms with Crippen molar-refractivity contribution in [3.8, 4) is 0 Å². The zero-order valence-corrected chi connectivity index (χ0v) is 18.6. The van der Waals surface area contributed by atoms with E-state index in [4.69, 9.17) is 0 Å². The van der Waals surface area contributed by atoms with Crippen LogP contribution in [0.25, 0.3) is 0 Å². The molecule has 166 valence electrons. The van der Waals surface area contributed by atoms with Gasteiger partial charge in [0.15, 0.2) is 0 Å². The third-order valence-electron chi connectivity index (χ3n) is 6.07. The molecule has 3 atom stereocenters. The number of rotatable bonds is 7. The summed E-state index contributed by atoms with van der Waals surface area (Å²) >= 11 is 0. The van der Waals surface area contributed by atoms with Crippen molar-refractivity contribution in [1.82, 2.24) is 15.1 Å². The highest BCUT2D eigenvalue weighted by Gasteiger charge is 2.51. The lowest BCUT2D eigenvalue weighted by molar-refractivity contribution is -0.152. The molecule has 2 aliphatic rings. The van der Waals surface area contributed by atoms with Crippen LogP contribution in [0.15, 0.2) is 36.4 Å². The second-order valence-corrected chi connectivity index (χ2v) is 8.82. The third kappa shape index (κ3) is 4.70. The van der Waals surface area contributed by atoms with Crippen LogP contribution < -0.4 is 5.32 Å². The number of hydrogen-bond donors (Lipinski definition) is 1. The molecule has 0 spiro atoms. The SMILES string of the molecule is CNC(=O)c1ccc(CN(C)C(=O)C(CC(C)C)N2C(=O)C3CC=CCC3C2=O)cc1. The Bertz CT molecular complexity index is 865. The number of likely N-dealkylation sites (N-methyl/N-ethyl adjacent to an activating group) is 1. The minimum Gasteiger partial charge on any atom is -0.355 e. The predicted octanol–water partition coefficient (Wildman–Crippen LogP) is 2.37. The molecule has 1 N–H and O–H groups in total. The van der Waals surface area contributed by atoms with Crippen LogP contribution >= 0.6 is 0 Å². The maximum absolute atomic E-state index is 13.4. The van der Waals surface area contributed by atoms with E-state index in [0.717, 1.165) is 5.56 Å². The molecule has 0 aromatic heterocycles. The van der Waals surface area contributed by atoms with Crippen molar-refractivity contribution in [1.29, 1.82) is 0 Å². The average molecular weight is 426 g/mol. The number of fused-ring (bicyclic) bond motifs is 1. The molecule has 1 aromatic carbocycles. The van der Waals surface area contributed by atoms with Crippen molar-refractivity contribution in [3.63, 3.8) is 0 Å². The number of allylic oxidation sites excluding steroid dienone is 2. The molecule has 1 aliphatic carbocycles. The van der Waals surface area contributed by atoms with Gasteiger partial charge < -0.3 is 10.2 Å². The van der Waals surface area contributed by atoms with Gasteiger partial charge in [0.05, 0.1) is 11.8 Å². The fraction of sp³-hybridized carbons (Fsp3) is 0.500. The quantitative estimate of drug-likeness (QED) is 0.537. The monoisotopic (exact) mass is 425 g/mol. The van der Waals surface area contributed by atoms with E-state index in [1.54, 1.807) is 43.3 Å². The molecular formula is C24H31N3O4. The number of carbonyl (C=O) groups is 4. The predicted molar refractivity (Wildman–Crippen MR) is 117 cm³/mol. The number of amides is 4. The van der Waals surface area contributed by atoms with Gasteiger partial charge in [0.1, 0.15) is 6.04 Å². The summed E-state index contributed by atoms with van der Waals surface area (Å²) in [7, 11) is 3.26. The lowest BCUT2D eigenvalue weighted by Crippen LogP contribution is -2.50. The summed E-state index contributed by atoms with van der Waals surface area (Å²) in [4.78, 5) is 54.0. The molecular weight excluding hydrogens is 394 g/mol. The maximum atomic E-state index is 13.4. The lowest BCUT2D eigenvalue weighted by atomic mass is 9.85. The van der Waals surface area contributed by atoms with E-state index in [1.165, 1.54) is 4.90 Å². The van der Waals surface area contributed by atoms with E-state index in [9.17, 15) is 19.2 Å². The molecule has 0 bridgehead atoms. The second kappa shape index (κ2) is 9.45. The first kappa shape index (κ1) is 22.7. The zero-order chi connectivity index (χ0) is 22.7. The van der Waals surface area contributed by atoms with Crippen molar-refractivity contribution in [2.75, 3.05) is 14.1 Å². The van der Waals surface area contributed by atoms with Crippen LogP contribution in [-0.4, -0.2) is 53.6 Å². The molecule has 31 heavy (non-hydrogen) atoms. The molecule has 7 heteroatoms. The molecule has 0 saturated carbocycles. The fourth-order valence-corrected chi connectivity index (χ4v) is 4.41. The van der Waals surface area contributed by atoms with E-state index in [-0.39, 0.29) is 41.4 Å². The highest BCUT2D eigenvalue weighted by Crippen LogP contribution is 2.37. The Labute approximate surface area is 183 Å². The first-order valence-electron chi connectivity index (χ1n) is 10.8. The Morgan fingerprint density at radius 1 is 1.06 bits per heavy atom. The lowest BCUT2D eigenvalue weighted by Gasteiger charge is -2.31. The summed E-state index contributed by atoms with van der Waals surface area (Å²) in [6.45, 7) is 4.29. The summed E-state index contributed by atoms with van der Waals surface area (Å²) in [5, 5.41) is 2.58. The van der Waals surface area contributed by atoms with Gasteiger partial charge in [-0.3, -0.25) is 24.1 Å². The maximum Gasteiger partial charge on any atom is 0.251 e. The Morgan fingerprint density at radius 3 is 2.10 bits per heavy atom. The fourth-order valence-electron chi connectivity index (χ4n) is 4.41. The van der Waals surface area contributed by atoms with Gasteiger partial charge >= 0.3 is 0 Å². The first-order chi connectivity index (χ1) is 14.7. The van der Waals surface area contributed by atoms with Crippen molar-refractivity contribution < 1.29 is 19.2 Å². The van der Waals surface area contributed by atoms with E-state index < -0.39 is 6.04 Å². The van der Waals surface area contributed by atoms with E-state index in [0.29, 0.717) is 31.4 Å². The van der Waals surface area contributed by atoms with E-state index in [1.807, 2.05) is 26.0 Å². The van der Waals surface area contributed by atoms with Crippen LogP contribution in [0.1, 0.15) is 49.0 Å². The van der Waals surface area contributed by atoms with Crippen LogP contribution in [0, 0.1) is 17.8 Å². The first-order valence-corrected chi connectivity index (χ1v) is 10.8. The van der Waals surface area contributed by atoms with Crippen LogP contribution in [0.4, 0.5) is 0 Å². The number of hydrogen-bond acceptors (Lipinski definition) is 4. The highest BCUT2D eigenvalue weighted by molar-refractivity contribution is 6.08. The standard InChI is InChI=1S/C24H31N3O4/c1-15(2)13-20(27-22(29)18-7-5-6-8-19(18)23(27)30)24(31)26(4)14-16-9-11-17(12-10-16)21(28)25-3/h5-6,9-12,15,18-20H,7-8,13-14H2,1-4H3,(H,25,28). The number of imide groups is 1. The average Bonchev–Trinajstić information content (AvgIpc) is 3.01. The molecule has 3 unspecified atom stereocenters. The molecule has 1 fully saturated rings. The molecule has 3 rings (SSSR count). The van der Waals surface area contributed by atoms with E-state index in [2.05, 4.69) is 5.32 Å². The van der Waals surface area contributed by atoms with Crippen molar-refractivity contribution in [3.05, 3.63) is 47.5 Å². The summed E-state index contributed by atoms with van der Waals surface area (Å²) in [6.07, 6.45) is 5.44. The molecule has 1 heterocycles. The van der Waals surface area contributed by atoms with Gasteiger partial charge in [-0.1, -0.05) is 38.1 Å². The minimum absolute atomic E-state index is 0.149. The third-order valence-corrected chi connectivity index (χ3v) is 6.07. The van der Waals surface area contributed by atoms with Crippen molar-refractivity contribution in [2.24, 2.45) is 17.8 Å². The van der Waals surface area contributed by atoms with Gasteiger partial charge in [-0.2, -0.15) is 0 Å². The van der Waals surface area contributed by atoms with E-state index >= 15 is 0 Å². The van der Waals surface area contributed by atoms with Gasteiger partial charge in [0.25, 0.3) is 5.91 Å². The molecule has 1 saturated heterocycles. The molecule has 1 aromatic rings. The number of nitrogens with one attached hydrogen (secondary N) is 1. The summed E-state index contributed by atoms with van der Waals surface area (Å²) < 4.78 is 0. The molecule has 7 nitrogen and oxygen atoms in total. The topological polar surface area (TPSA) is 86.8 Å². The molecule has 4 amide bonds. The van der Waals surface area contributed by atoms with Crippen LogP contribution in [0.5, 0.6) is 0 Å². The minimum atomic E-state index is -0.791. The Kier molecular flexibility index (Phi) is 6.93. The van der Waals surface area contributed by atoms with Gasteiger partial charge in [-0.15, -0.1) is 0 Å². The normalized spacial score (nSPS) is 21.3. The number of carbonyl (C=O) groups excluding carboxylic acids is 4. The van der Waals surface area contributed by atoms with Gasteiger partial charge in [0.2, 0.25) is 17.7 Å². The van der Waals surface area contributed by atoms with Crippen molar-refractivity contribution in [2.45, 2.75) is 45.7 Å². The largest absolute Gasteiger partial charge is 0.355 e. The Morgan fingerprint density at radius 2 is 1.61 bits per heavy atom. The van der Waals surface area contributed by atoms with Crippen LogP contribution in [-0.2, 0) is 20.9 Å². The summed E-state index contributed by atoms with van der Waals surface area (Å²) in [6, 6.07) is 6.24. The number of nitrogens with zero attached hydrogens (tertiary/aromatic N) is 2. The van der Waals surface area contributed by atoms with Crippen LogP contribution in [0.3, 0.4) is 0 Å². The summed E-state index contributed by atoms with van der Waals surface area (Å²) in [5.74, 6) is -1.39. The highest BCUT2D eigenvalue weighted by atomic mass is 16.2. The number of likely N-dealkylation sites (tertiary alicyclic amines) is 1. The van der Waals surface area contributed by atoms with Gasteiger partial charge in [0, 0.05) is 26.2 Å². The smallest absolute Gasteiger partial charge is 0.251 e. The van der Waals surface area contributed by atoms with Crippen molar-refractivity contribution >= 4 is 23.6 Å². The summed E-state index contributed by atoms with van der Waals surface area (Å²) in [5.41, 5.74) is 1.41. The number of benzene rings is 1. The van der Waals surface area contributed by atoms with Crippen LogP contribution in [0.2, 0.25) is 0 Å². The van der Waals surface area contributed by atoms with Gasteiger partial charge in [-0.25, -0.2) is 0 Å². The van der Waals surface area contributed by atoms with Gasteiger partial charge in [-0.05, 0) is 42.9 Å². The molecule has 1 aliphatic heterocycles. The molecule has 0 radical (unpaired) electrons. The zero-order valence-electron chi connectivity index (χ0n) is 18.6.